The van der Waals surface area contributed by atoms with Gasteiger partial charge in [0.15, 0.2) is 0 Å². The minimum absolute atomic E-state index is 0.111. The van der Waals surface area contributed by atoms with Crippen LogP contribution >= 0.6 is 23.5 Å². The lowest BCUT2D eigenvalue weighted by Gasteiger charge is -2.00. The summed E-state index contributed by atoms with van der Waals surface area (Å²) in [4.78, 5) is 12.8. The summed E-state index contributed by atoms with van der Waals surface area (Å²) >= 11 is 2.56. The second-order valence-electron chi connectivity index (χ2n) is 4.93. The van der Waals surface area contributed by atoms with Gasteiger partial charge < -0.3 is 9.52 Å². The first-order valence-corrected chi connectivity index (χ1v) is 9.35. The highest BCUT2D eigenvalue weighted by atomic mass is 32.2. The topological polar surface area (TPSA) is 76.2 Å². The Labute approximate surface area is 153 Å². The average Bonchev–Trinajstić information content (AvgIpc) is 3.11. The van der Waals surface area contributed by atoms with Crippen LogP contribution in [0, 0.1) is 0 Å². The molecule has 0 fully saturated rings. The third kappa shape index (κ3) is 4.52. The molecule has 0 saturated heterocycles. The molecule has 0 bridgehead atoms. The van der Waals surface area contributed by atoms with Gasteiger partial charge in [0.25, 0.3) is 5.22 Å². The van der Waals surface area contributed by atoms with E-state index in [1.54, 1.807) is 17.8 Å². The molecule has 2 aromatic carbocycles. The van der Waals surface area contributed by atoms with Crippen LogP contribution in [0.2, 0.25) is 0 Å². The molecule has 25 heavy (non-hydrogen) atoms. The maximum absolute atomic E-state index is 11.5. The highest BCUT2D eigenvalue weighted by Crippen LogP contribution is 2.30. The molecule has 0 radical (unpaired) electrons. The molecular weight excluding hydrogens is 356 g/mol. The SMILES string of the molecule is CSc1ccc(/C=C(/Sc2nnc(-c3ccccc3)o2)C(=O)O)cc1. The molecule has 7 heteroatoms. The smallest absolute Gasteiger partial charge is 0.342 e. The minimum atomic E-state index is -1.04. The van der Waals surface area contributed by atoms with Crippen LogP contribution in [0.3, 0.4) is 0 Å². The van der Waals surface area contributed by atoms with Crippen molar-refractivity contribution >= 4 is 35.6 Å². The fourth-order valence-corrected chi connectivity index (χ4v) is 3.11. The van der Waals surface area contributed by atoms with Gasteiger partial charge in [0.1, 0.15) is 4.91 Å². The Balaban J connectivity index is 1.81. The van der Waals surface area contributed by atoms with E-state index in [0.717, 1.165) is 27.8 Å². The van der Waals surface area contributed by atoms with Gasteiger partial charge >= 0.3 is 5.97 Å². The second kappa shape index (κ2) is 8.04. The van der Waals surface area contributed by atoms with Gasteiger partial charge in [-0.2, -0.15) is 0 Å². The standard InChI is InChI=1S/C18H14N2O3S2/c1-24-14-9-7-12(8-10-14)11-15(17(21)22)25-18-20-19-16(23-18)13-5-3-2-4-6-13/h2-11H,1H3,(H,21,22)/b15-11+. The van der Waals surface area contributed by atoms with Crippen molar-refractivity contribution < 1.29 is 14.3 Å². The Morgan fingerprint density at radius 2 is 1.80 bits per heavy atom. The second-order valence-corrected chi connectivity index (χ2v) is 6.80. The number of aromatic nitrogens is 2. The lowest BCUT2D eigenvalue weighted by molar-refractivity contribution is -0.131. The molecule has 0 aliphatic carbocycles. The zero-order chi connectivity index (χ0) is 17.6. The van der Waals surface area contributed by atoms with E-state index in [-0.39, 0.29) is 10.1 Å². The molecular formula is C18H14N2O3S2. The minimum Gasteiger partial charge on any atom is -0.477 e. The number of benzene rings is 2. The summed E-state index contributed by atoms with van der Waals surface area (Å²) in [5, 5.41) is 17.5. The highest BCUT2D eigenvalue weighted by molar-refractivity contribution is 8.03. The van der Waals surface area contributed by atoms with Gasteiger partial charge in [0, 0.05) is 10.5 Å². The molecule has 3 rings (SSSR count). The van der Waals surface area contributed by atoms with E-state index in [9.17, 15) is 9.90 Å². The number of hydrogen-bond acceptors (Lipinski definition) is 6. The molecule has 0 unspecified atom stereocenters. The maximum atomic E-state index is 11.5. The predicted molar refractivity (Wildman–Crippen MR) is 99.4 cm³/mol. The fraction of sp³-hybridized carbons (Fsp3) is 0.0556. The molecule has 1 N–H and O–H groups in total. The number of carbonyl (C=O) groups is 1. The molecule has 3 aromatic rings. The maximum Gasteiger partial charge on any atom is 0.342 e. The van der Waals surface area contributed by atoms with E-state index in [0.29, 0.717) is 5.89 Å². The molecule has 0 spiro atoms. The normalized spacial score (nSPS) is 11.5. The quantitative estimate of drug-likeness (QED) is 0.499. The van der Waals surface area contributed by atoms with Crippen molar-refractivity contribution in [2.45, 2.75) is 10.1 Å². The number of hydrogen-bond donors (Lipinski definition) is 1. The van der Waals surface area contributed by atoms with E-state index in [1.807, 2.05) is 60.9 Å². The Morgan fingerprint density at radius 3 is 2.44 bits per heavy atom. The van der Waals surface area contributed by atoms with Crippen LogP contribution in [0.25, 0.3) is 17.5 Å². The summed E-state index contributed by atoms with van der Waals surface area (Å²) in [6, 6.07) is 17.0. The zero-order valence-corrected chi connectivity index (χ0v) is 14.9. The Morgan fingerprint density at radius 1 is 1.08 bits per heavy atom. The number of carboxylic acid groups (broad SMARTS) is 1. The zero-order valence-electron chi connectivity index (χ0n) is 13.2. The van der Waals surface area contributed by atoms with Crippen molar-refractivity contribution in [1.82, 2.24) is 10.2 Å². The number of rotatable bonds is 6. The van der Waals surface area contributed by atoms with Gasteiger partial charge in [-0.3, -0.25) is 0 Å². The first-order valence-electron chi connectivity index (χ1n) is 7.31. The van der Waals surface area contributed by atoms with Gasteiger partial charge in [0.2, 0.25) is 5.89 Å². The number of carboxylic acids is 1. The van der Waals surface area contributed by atoms with Crippen molar-refractivity contribution in [1.29, 1.82) is 0 Å². The largest absolute Gasteiger partial charge is 0.477 e. The van der Waals surface area contributed by atoms with E-state index in [4.69, 9.17) is 4.42 Å². The molecule has 5 nitrogen and oxygen atoms in total. The van der Waals surface area contributed by atoms with Crippen molar-refractivity contribution in [2.24, 2.45) is 0 Å². The van der Waals surface area contributed by atoms with Crippen LogP contribution in [0.1, 0.15) is 5.56 Å². The summed E-state index contributed by atoms with van der Waals surface area (Å²) in [6.07, 6.45) is 3.58. The molecule has 0 aliphatic heterocycles. The number of aliphatic carboxylic acids is 1. The van der Waals surface area contributed by atoms with Crippen LogP contribution in [0.5, 0.6) is 0 Å². The van der Waals surface area contributed by atoms with Crippen LogP contribution in [0.4, 0.5) is 0 Å². The lowest BCUT2D eigenvalue weighted by Crippen LogP contribution is -1.96. The molecule has 0 atom stereocenters. The van der Waals surface area contributed by atoms with Gasteiger partial charge in [-0.25, -0.2) is 4.79 Å². The van der Waals surface area contributed by atoms with Crippen LogP contribution in [-0.2, 0) is 4.79 Å². The Hall–Kier alpha value is -2.51. The lowest BCUT2D eigenvalue weighted by atomic mass is 10.2. The summed E-state index contributed by atoms with van der Waals surface area (Å²) in [5.41, 5.74) is 1.58. The van der Waals surface area contributed by atoms with E-state index in [1.165, 1.54) is 0 Å². The number of thioether (sulfide) groups is 2. The predicted octanol–water partition coefficient (Wildman–Crippen LogP) is 4.68. The summed E-state index contributed by atoms with van der Waals surface area (Å²) in [6.45, 7) is 0. The van der Waals surface area contributed by atoms with Crippen molar-refractivity contribution in [2.75, 3.05) is 6.26 Å². The third-order valence-electron chi connectivity index (χ3n) is 3.25. The van der Waals surface area contributed by atoms with Crippen molar-refractivity contribution in [3.8, 4) is 11.5 Å². The molecule has 126 valence electrons. The average molecular weight is 370 g/mol. The van der Waals surface area contributed by atoms with Crippen LogP contribution in [0.15, 0.2) is 74.0 Å². The van der Waals surface area contributed by atoms with Gasteiger partial charge in [-0.1, -0.05) is 30.3 Å². The molecule has 0 saturated carbocycles. The first kappa shape index (κ1) is 17.3. The molecule has 1 heterocycles. The summed E-state index contributed by atoms with van der Waals surface area (Å²) < 4.78 is 5.56. The van der Waals surface area contributed by atoms with E-state index >= 15 is 0 Å². The molecule has 0 aliphatic rings. The molecule has 1 aromatic heterocycles. The van der Waals surface area contributed by atoms with E-state index < -0.39 is 5.97 Å². The van der Waals surface area contributed by atoms with Crippen LogP contribution in [-0.4, -0.2) is 27.5 Å². The first-order chi connectivity index (χ1) is 12.2. The van der Waals surface area contributed by atoms with E-state index in [2.05, 4.69) is 10.2 Å². The monoisotopic (exact) mass is 370 g/mol. The summed E-state index contributed by atoms with van der Waals surface area (Å²) in [7, 11) is 0. The summed E-state index contributed by atoms with van der Waals surface area (Å²) in [5.74, 6) is -0.685. The molecule has 0 amide bonds. The van der Waals surface area contributed by atoms with Gasteiger partial charge in [-0.15, -0.1) is 22.0 Å². The van der Waals surface area contributed by atoms with Crippen molar-refractivity contribution in [3.05, 3.63) is 65.1 Å². The van der Waals surface area contributed by atoms with Crippen molar-refractivity contribution in [3.63, 3.8) is 0 Å². The van der Waals surface area contributed by atoms with Gasteiger partial charge in [-0.05, 0) is 53.9 Å². The number of nitrogens with zero attached hydrogens (tertiary/aromatic N) is 2. The highest BCUT2D eigenvalue weighted by Gasteiger charge is 2.15. The Kier molecular flexibility index (Phi) is 5.57. The van der Waals surface area contributed by atoms with Crippen LogP contribution < -0.4 is 0 Å². The Bertz CT molecular complexity index is 890. The fourth-order valence-electron chi connectivity index (χ4n) is 2.03. The third-order valence-corrected chi connectivity index (χ3v) is 4.84. The van der Waals surface area contributed by atoms with Gasteiger partial charge in [0.05, 0.1) is 0 Å².